The quantitative estimate of drug-likeness (QED) is 0.522. The van der Waals surface area contributed by atoms with Gasteiger partial charge in [-0.3, -0.25) is 14.9 Å². The molecule has 0 fully saturated rings. The van der Waals surface area contributed by atoms with Crippen molar-refractivity contribution < 1.29 is 23.6 Å². The minimum Gasteiger partial charge on any atom is -0.490 e. The Hall–Kier alpha value is -3.03. The summed E-state index contributed by atoms with van der Waals surface area (Å²) in [7, 11) is 0. The zero-order chi connectivity index (χ0) is 20.0. The van der Waals surface area contributed by atoms with Crippen LogP contribution in [0.3, 0.4) is 0 Å². The molecule has 0 aliphatic heterocycles. The van der Waals surface area contributed by atoms with Gasteiger partial charge in [0.05, 0.1) is 25.3 Å². The largest absolute Gasteiger partial charge is 0.490 e. The molecule has 1 atom stereocenters. The van der Waals surface area contributed by atoms with E-state index in [9.17, 15) is 14.9 Å². The molecular formula is C19H24N2O6. The molecule has 0 aliphatic carbocycles. The summed E-state index contributed by atoms with van der Waals surface area (Å²) >= 11 is 0. The summed E-state index contributed by atoms with van der Waals surface area (Å²) in [6.45, 7) is 8.70. The number of ether oxygens (including phenoxy) is 2. The molecule has 0 bridgehead atoms. The molecule has 0 spiro atoms. The number of amides is 1. The van der Waals surface area contributed by atoms with Crippen LogP contribution in [0, 0.1) is 16.0 Å². The lowest BCUT2D eigenvalue weighted by molar-refractivity contribution is -0.402. The molecule has 1 amide bonds. The summed E-state index contributed by atoms with van der Waals surface area (Å²) in [5.41, 5.74) is 0.839. The number of hydrogen-bond donors (Lipinski definition) is 1. The van der Waals surface area contributed by atoms with Crippen LogP contribution >= 0.6 is 0 Å². The second kappa shape index (κ2) is 9.07. The lowest BCUT2D eigenvalue weighted by Gasteiger charge is -2.23. The summed E-state index contributed by atoms with van der Waals surface area (Å²) < 4.78 is 16.2. The number of rotatable bonds is 9. The Balaban J connectivity index is 2.26. The van der Waals surface area contributed by atoms with Crippen molar-refractivity contribution in [2.45, 2.75) is 33.7 Å². The first-order valence-corrected chi connectivity index (χ1v) is 8.82. The molecule has 0 saturated carbocycles. The van der Waals surface area contributed by atoms with E-state index in [1.807, 2.05) is 45.9 Å². The molecule has 1 aromatic heterocycles. The van der Waals surface area contributed by atoms with E-state index in [0.29, 0.717) is 24.7 Å². The van der Waals surface area contributed by atoms with Gasteiger partial charge in [0.1, 0.15) is 4.92 Å². The monoisotopic (exact) mass is 376 g/mol. The fraction of sp³-hybridized carbons (Fsp3) is 0.421. The Labute approximate surface area is 157 Å². The molecule has 27 heavy (non-hydrogen) atoms. The summed E-state index contributed by atoms with van der Waals surface area (Å²) in [5, 5.41) is 13.6. The molecule has 2 rings (SSSR count). The molecular weight excluding hydrogens is 352 g/mol. The van der Waals surface area contributed by atoms with Crippen LogP contribution in [0.2, 0.25) is 0 Å². The average Bonchev–Trinajstić information content (AvgIpc) is 3.12. The zero-order valence-corrected chi connectivity index (χ0v) is 15.9. The summed E-state index contributed by atoms with van der Waals surface area (Å²) in [6.07, 6.45) is 0. The van der Waals surface area contributed by atoms with Crippen molar-refractivity contribution in [2.75, 3.05) is 13.2 Å². The lowest BCUT2D eigenvalue weighted by Crippen LogP contribution is -2.31. The number of benzene rings is 1. The van der Waals surface area contributed by atoms with Gasteiger partial charge in [0, 0.05) is 0 Å². The van der Waals surface area contributed by atoms with Gasteiger partial charge < -0.3 is 19.2 Å². The molecule has 1 unspecified atom stereocenters. The van der Waals surface area contributed by atoms with Gasteiger partial charge >= 0.3 is 5.88 Å². The van der Waals surface area contributed by atoms with Crippen molar-refractivity contribution in [1.29, 1.82) is 0 Å². The van der Waals surface area contributed by atoms with Crippen LogP contribution < -0.4 is 14.8 Å². The smallest absolute Gasteiger partial charge is 0.433 e. The van der Waals surface area contributed by atoms with Gasteiger partial charge in [0.2, 0.25) is 0 Å². The number of carbonyl (C=O) groups is 1. The molecule has 8 nitrogen and oxygen atoms in total. The number of nitrogens with zero attached hydrogens (tertiary/aromatic N) is 1. The van der Waals surface area contributed by atoms with E-state index in [-0.39, 0.29) is 17.7 Å². The molecule has 2 aromatic rings. The van der Waals surface area contributed by atoms with Gasteiger partial charge in [-0.05, 0) is 43.5 Å². The van der Waals surface area contributed by atoms with E-state index < -0.39 is 16.7 Å². The predicted molar refractivity (Wildman–Crippen MR) is 99.2 cm³/mol. The van der Waals surface area contributed by atoms with Crippen molar-refractivity contribution in [2.24, 2.45) is 5.92 Å². The predicted octanol–water partition coefficient (Wildman–Crippen LogP) is 4.11. The molecule has 1 N–H and O–H groups in total. The first-order valence-electron chi connectivity index (χ1n) is 8.82. The number of furan rings is 1. The molecule has 0 radical (unpaired) electrons. The highest BCUT2D eigenvalue weighted by Crippen LogP contribution is 2.33. The van der Waals surface area contributed by atoms with Crippen LogP contribution in [-0.4, -0.2) is 24.0 Å². The third-order valence-corrected chi connectivity index (χ3v) is 3.88. The van der Waals surface area contributed by atoms with E-state index in [1.165, 1.54) is 6.07 Å². The number of hydrogen-bond acceptors (Lipinski definition) is 6. The third-order valence-electron chi connectivity index (χ3n) is 3.88. The average molecular weight is 376 g/mol. The van der Waals surface area contributed by atoms with E-state index in [2.05, 4.69) is 5.32 Å². The summed E-state index contributed by atoms with van der Waals surface area (Å²) in [5.74, 6) is 0.202. The Morgan fingerprint density at radius 2 is 1.81 bits per heavy atom. The number of nitrogens with one attached hydrogen (secondary N) is 1. The summed E-state index contributed by atoms with van der Waals surface area (Å²) in [6, 6.07) is 7.62. The second-order valence-corrected chi connectivity index (χ2v) is 6.16. The highest BCUT2D eigenvalue weighted by Gasteiger charge is 2.24. The zero-order valence-electron chi connectivity index (χ0n) is 15.9. The standard InChI is InChI=1S/C19H24N2O6/c1-5-25-14-8-7-13(11-16(14)26-6-2)18(12(3)4)20-19(22)15-9-10-17(27-15)21(23)24/h7-12,18H,5-6H2,1-4H3,(H,20,22). The minimum atomic E-state index is -0.683. The van der Waals surface area contributed by atoms with Crippen molar-refractivity contribution in [3.63, 3.8) is 0 Å². The maximum absolute atomic E-state index is 12.5. The molecule has 0 saturated heterocycles. The van der Waals surface area contributed by atoms with Gasteiger partial charge in [0.15, 0.2) is 17.3 Å². The Morgan fingerprint density at radius 3 is 2.37 bits per heavy atom. The van der Waals surface area contributed by atoms with Crippen molar-refractivity contribution in [1.82, 2.24) is 5.32 Å². The molecule has 0 aliphatic rings. The Kier molecular flexibility index (Phi) is 6.81. The van der Waals surface area contributed by atoms with Gasteiger partial charge in [-0.25, -0.2) is 0 Å². The van der Waals surface area contributed by atoms with Crippen molar-refractivity contribution >= 4 is 11.8 Å². The Bertz CT molecular complexity index is 799. The first-order chi connectivity index (χ1) is 12.9. The minimum absolute atomic E-state index is 0.0614. The molecule has 8 heteroatoms. The topological polar surface area (TPSA) is 104 Å². The third kappa shape index (κ3) is 4.99. The van der Waals surface area contributed by atoms with Gasteiger partial charge in [-0.1, -0.05) is 19.9 Å². The fourth-order valence-electron chi connectivity index (χ4n) is 2.66. The number of nitro groups is 1. The van der Waals surface area contributed by atoms with Crippen LogP contribution in [0.5, 0.6) is 11.5 Å². The maximum atomic E-state index is 12.5. The van der Waals surface area contributed by atoms with Crippen molar-refractivity contribution in [3.8, 4) is 11.5 Å². The van der Waals surface area contributed by atoms with Crippen LogP contribution in [-0.2, 0) is 0 Å². The lowest BCUT2D eigenvalue weighted by atomic mass is 9.95. The van der Waals surface area contributed by atoms with Crippen LogP contribution in [0.4, 0.5) is 5.88 Å². The maximum Gasteiger partial charge on any atom is 0.433 e. The van der Waals surface area contributed by atoms with E-state index in [4.69, 9.17) is 13.9 Å². The van der Waals surface area contributed by atoms with E-state index >= 15 is 0 Å². The first kappa shape index (κ1) is 20.3. The van der Waals surface area contributed by atoms with Crippen LogP contribution in [0.25, 0.3) is 0 Å². The highest BCUT2D eigenvalue weighted by atomic mass is 16.6. The SMILES string of the molecule is CCOc1ccc(C(NC(=O)c2ccc([N+](=O)[O-])o2)C(C)C)cc1OCC. The van der Waals surface area contributed by atoms with E-state index in [0.717, 1.165) is 11.6 Å². The molecule has 1 heterocycles. The van der Waals surface area contributed by atoms with Gasteiger partial charge in [-0.15, -0.1) is 0 Å². The number of carbonyl (C=O) groups excluding carboxylic acids is 1. The van der Waals surface area contributed by atoms with Crippen LogP contribution in [0.15, 0.2) is 34.7 Å². The van der Waals surface area contributed by atoms with Gasteiger partial charge in [-0.2, -0.15) is 0 Å². The normalized spacial score (nSPS) is 11.9. The van der Waals surface area contributed by atoms with E-state index in [1.54, 1.807) is 0 Å². The second-order valence-electron chi connectivity index (χ2n) is 6.16. The molecule has 146 valence electrons. The van der Waals surface area contributed by atoms with Gasteiger partial charge in [0.25, 0.3) is 5.91 Å². The fourth-order valence-corrected chi connectivity index (χ4v) is 2.66. The van der Waals surface area contributed by atoms with Crippen LogP contribution in [0.1, 0.15) is 49.9 Å². The van der Waals surface area contributed by atoms with Crippen molar-refractivity contribution in [3.05, 3.63) is 51.8 Å². The highest BCUT2D eigenvalue weighted by molar-refractivity contribution is 5.92. The summed E-state index contributed by atoms with van der Waals surface area (Å²) in [4.78, 5) is 22.5. The Morgan fingerprint density at radius 1 is 1.15 bits per heavy atom. The molecule has 1 aromatic carbocycles.